The lowest BCUT2D eigenvalue weighted by molar-refractivity contribution is 0.475. The normalized spacial score (nSPS) is 17.0. The summed E-state index contributed by atoms with van der Waals surface area (Å²) in [4.78, 5) is 6.17. The number of nitrogens with zero attached hydrogens (tertiary/aromatic N) is 2. The highest BCUT2D eigenvalue weighted by molar-refractivity contribution is 5.80. The van der Waals surface area contributed by atoms with Crippen LogP contribution in [0.1, 0.15) is 18.4 Å². The van der Waals surface area contributed by atoms with Crippen molar-refractivity contribution in [2.24, 2.45) is 4.99 Å². The summed E-state index contributed by atoms with van der Waals surface area (Å²) < 4.78 is 27.1. The summed E-state index contributed by atoms with van der Waals surface area (Å²) in [5, 5.41) is 16.0. The zero-order chi connectivity index (χ0) is 19.9. The molecule has 0 saturated carbocycles. The van der Waals surface area contributed by atoms with E-state index in [4.69, 9.17) is 0 Å². The molecule has 150 valence electrons. The second-order valence-electron chi connectivity index (χ2n) is 6.94. The summed E-state index contributed by atoms with van der Waals surface area (Å²) in [6.07, 6.45) is 2.69. The Labute approximate surface area is 164 Å². The van der Waals surface area contributed by atoms with Gasteiger partial charge in [0.1, 0.15) is 17.4 Å². The van der Waals surface area contributed by atoms with E-state index >= 15 is 0 Å². The third-order valence-corrected chi connectivity index (χ3v) is 4.87. The van der Waals surface area contributed by atoms with Crippen LogP contribution in [0.25, 0.3) is 0 Å². The summed E-state index contributed by atoms with van der Waals surface area (Å²) in [7, 11) is 1.72. The minimum absolute atomic E-state index is 0.146. The maximum atomic E-state index is 14.0. The Morgan fingerprint density at radius 3 is 2.71 bits per heavy atom. The smallest absolute Gasteiger partial charge is 0.191 e. The van der Waals surface area contributed by atoms with E-state index in [1.807, 2.05) is 17.0 Å². The van der Waals surface area contributed by atoms with Crippen molar-refractivity contribution in [1.82, 2.24) is 10.6 Å². The fourth-order valence-electron chi connectivity index (χ4n) is 3.38. The highest BCUT2D eigenvalue weighted by Gasteiger charge is 2.25. The average molecular weight is 388 g/mol. The molecule has 0 spiro atoms. The number of phenolic OH excluding ortho intramolecular Hbond substituents is 1. The molecular formula is C21H26F2N4O. The van der Waals surface area contributed by atoms with Gasteiger partial charge in [-0.2, -0.15) is 0 Å². The molecule has 1 saturated heterocycles. The minimum atomic E-state index is -0.563. The molecule has 1 fully saturated rings. The van der Waals surface area contributed by atoms with Crippen LogP contribution in [0.5, 0.6) is 5.75 Å². The highest BCUT2D eigenvalue weighted by Crippen LogP contribution is 2.24. The molecule has 7 heteroatoms. The summed E-state index contributed by atoms with van der Waals surface area (Å²) in [6, 6.07) is 11.1. The number of hydrogen-bond donors (Lipinski definition) is 3. The molecule has 1 aliphatic heterocycles. The molecule has 2 aromatic carbocycles. The Morgan fingerprint density at radius 1 is 1.21 bits per heavy atom. The summed E-state index contributed by atoms with van der Waals surface area (Å²) >= 11 is 0. The monoisotopic (exact) mass is 388 g/mol. The van der Waals surface area contributed by atoms with Gasteiger partial charge in [-0.15, -0.1) is 0 Å². The number of phenols is 1. The molecule has 1 aliphatic rings. The number of aliphatic imine (C=N–C) groups is 1. The van der Waals surface area contributed by atoms with Crippen LogP contribution < -0.4 is 15.5 Å². The molecule has 0 bridgehead atoms. The molecule has 28 heavy (non-hydrogen) atoms. The van der Waals surface area contributed by atoms with Crippen molar-refractivity contribution in [3.05, 3.63) is 59.7 Å². The quantitative estimate of drug-likeness (QED) is 0.404. The predicted octanol–water partition coefficient (Wildman–Crippen LogP) is 3.05. The van der Waals surface area contributed by atoms with Crippen LogP contribution in [-0.4, -0.2) is 43.8 Å². The first-order chi connectivity index (χ1) is 13.5. The van der Waals surface area contributed by atoms with Gasteiger partial charge >= 0.3 is 0 Å². The Hall–Kier alpha value is -2.83. The zero-order valence-corrected chi connectivity index (χ0v) is 16.0. The summed E-state index contributed by atoms with van der Waals surface area (Å²) in [5.41, 5.74) is 1.61. The van der Waals surface area contributed by atoms with E-state index < -0.39 is 11.6 Å². The van der Waals surface area contributed by atoms with Gasteiger partial charge in [0, 0.05) is 38.8 Å². The van der Waals surface area contributed by atoms with Crippen LogP contribution in [0.2, 0.25) is 0 Å². The molecule has 1 unspecified atom stereocenters. The average Bonchev–Trinajstić information content (AvgIpc) is 3.13. The van der Waals surface area contributed by atoms with Crippen LogP contribution in [0.4, 0.5) is 14.5 Å². The van der Waals surface area contributed by atoms with Gasteiger partial charge in [-0.1, -0.05) is 12.1 Å². The Balaban J connectivity index is 1.43. The fourth-order valence-corrected chi connectivity index (χ4v) is 3.38. The topological polar surface area (TPSA) is 59.9 Å². The first-order valence-corrected chi connectivity index (χ1v) is 9.50. The van der Waals surface area contributed by atoms with Gasteiger partial charge in [-0.25, -0.2) is 8.78 Å². The molecule has 3 rings (SSSR count). The van der Waals surface area contributed by atoms with E-state index in [0.29, 0.717) is 18.8 Å². The van der Waals surface area contributed by atoms with Crippen LogP contribution in [0.3, 0.4) is 0 Å². The Bertz CT molecular complexity index is 811. The van der Waals surface area contributed by atoms with Crippen molar-refractivity contribution >= 4 is 11.6 Å². The van der Waals surface area contributed by atoms with Crippen LogP contribution in [0, 0.1) is 11.6 Å². The van der Waals surface area contributed by atoms with E-state index in [1.54, 1.807) is 19.2 Å². The SMILES string of the molecule is CN=C(NCCCc1ccc(O)cc1)NC1CCN(c2ccc(F)cc2F)C1. The van der Waals surface area contributed by atoms with Gasteiger partial charge in [0.05, 0.1) is 5.69 Å². The third-order valence-electron chi connectivity index (χ3n) is 4.87. The van der Waals surface area contributed by atoms with E-state index in [0.717, 1.165) is 37.8 Å². The molecule has 5 nitrogen and oxygen atoms in total. The number of aromatic hydroxyl groups is 1. The van der Waals surface area contributed by atoms with Crippen LogP contribution in [0.15, 0.2) is 47.5 Å². The van der Waals surface area contributed by atoms with Crippen LogP contribution in [-0.2, 0) is 6.42 Å². The molecule has 0 radical (unpaired) electrons. The number of aryl methyl sites for hydroxylation is 1. The predicted molar refractivity (Wildman–Crippen MR) is 108 cm³/mol. The Kier molecular flexibility index (Phi) is 6.68. The summed E-state index contributed by atoms with van der Waals surface area (Å²) in [5.74, 6) is -0.0980. The standard InChI is InChI=1S/C21H26F2N4O/c1-24-21(25-11-2-3-15-4-7-18(28)8-5-15)26-17-10-12-27(14-17)20-9-6-16(22)13-19(20)23/h4-9,13,17,28H,2-3,10-12,14H2,1H3,(H2,24,25,26). The molecular weight excluding hydrogens is 362 g/mol. The molecule has 0 amide bonds. The number of hydrogen-bond acceptors (Lipinski definition) is 3. The maximum absolute atomic E-state index is 14.0. The van der Waals surface area contributed by atoms with Crippen molar-refractivity contribution in [3.63, 3.8) is 0 Å². The van der Waals surface area contributed by atoms with Crippen molar-refractivity contribution in [2.75, 3.05) is 31.6 Å². The number of anilines is 1. The van der Waals surface area contributed by atoms with Crippen molar-refractivity contribution in [3.8, 4) is 5.75 Å². The van der Waals surface area contributed by atoms with Gasteiger partial charge in [-0.05, 0) is 49.1 Å². The largest absolute Gasteiger partial charge is 0.508 e. The molecule has 0 aromatic heterocycles. The van der Waals surface area contributed by atoms with Crippen LogP contribution >= 0.6 is 0 Å². The molecule has 0 aliphatic carbocycles. The lowest BCUT2D eigenvalue weighted by Crippen LogP contribution is -2.45. The van der Waals surface area contributed by atoms with E-state index in [1.165, 1.54) is 17.7 Å². The second-order valence-corrected chi connectivity index (χ2v) is 6.94. The zero-order valence-electron chi connectivity index (χ0n) is 16.0. The molecule has 2 aromatic rings. The number of guanidine groups is 1. The Morgan fingerprint density at radius 2 is 2.00 bits per heavy atom. The first kappa shape index (κ1) is 19.9. The number of halogens is 2. The minimum Gasteiger partial charge on any atom is -0.508 e. The second kappa shape index (κ2) is 9.39. The van der Waals surface area contributed by atoms with E-state index in [-0.39, 0.29) is 11.8 Å². The molecule has 1 atom stereocenters. The first-order valence-electron chi connectivity index (χ1n) is 9.50. The van der Waals surface area contributed by atoms with Crippen molar-refractivity contribution < 1.29 is 13.9 Å². The van der Waals surface area contributed by atoms with Gasteiger partial charge in [0.15, 0.2) is 5.96 Å². The van der Waals surface area contributed by atoms with Gasteiger partial charge < -0.3 is 20.6 Å². The third kappa shape index (κ3) is 5.34. The molecule has 1 heterocycles. The fraction of sp³-hybridized carbons (Fsp3) is 0.381. The van der Waals surface area contributed by atoms with Gasteiger partial charge in [-0.3, -0.25) is 4.99 Å². The van der Waals surface area contributed by atoms with Crippen molar-refractivity contribution in [1.29, 1.82) is 0 Å². The van der Waals surface area contributed by atoms with Crippen molar-refractivity contribution in [2.45, 2.75) is 25.3 Å². The van der Waals surface area contributed by atoms with E-state index in [2.05, 4.69) is 15.6 Å². The summed E-state index contributed by atoms with van der Waals surface area (Å²) in [6.45, 7) is 2.11. The van der Waals surface area contributed by atoms with Gasteiger partial charge in [0.25, 0.3) is 0 Å². The number of nitrogens with one attached hydrogen (secondary N) is 2. The molecule has 3 N–H and O–H groups in total. The van der Waals surface area contributed by atoms with Gasteiger partial charge in [0.2, 0.25) is 0 Å². The number of rotatable bonds is 6. The highest BCUT2D eigenvalue weighted by atomic mass is 19.1. The maximum Gasteiger partial charge on any atom is 0.191 e. The lowest BCUT2D eigenvalue weighted by Gasteiger charge is -2.21. The van der Waals surface area contributed by atoms with E-state index in [9.17, 15) is 13.9 Å². The number of benzene rings is 2. The lowest BCUT2D eigenvalue weighted by atomic mass is 10.1.